The number of hydrogen-bond acceptors (Lipinski definition) is 6. The fourth-order valence-electron chi connectivity index (χ4n) is 3.07. The van der Waals surface area contributed by atoms with Crippen molar-refractivity contribution >= 4 is 22.8 Å². The van der Waals surface area contributed by atoms with Gasteiger partial charge in [-0.05, 0) is 19.1 Å². The van der Waals surface area contributed by atoms with E-state index in [2.05, 4.69) is 32.2 Å². The van der Waals surface area contributed by atoms with E-state index in [0.717, 1.165) is 22.4 Å². The molecular formula is C17H19N7O. The lowest BCUT2D eigenvalue weighted by atomic mass is 10.2. The third kappa shape index (κ3) is 2.79. The number of amides is 1. The first kappa shape index (κ1) is 15.5. The van der Waals surface area contributed by atoms with Crippen LogP contribution in [0.2, 0.25) is 0 Å². The third-order valence-corrected chi connectivity index (χ3v) is 4.47. The number of aryl methyl sites for hydroxylation is 1. The molecule has 0 radical (unpaired) electrons. The van der Waals surface area contributed by atoms with Crippen molar-refractivity contribution in [1.82, 2.24) is 30.0 Å². The standard InChI is InChI=1S/C17H19N7O/c1-11-8-19-14(25)5-7-24(11)17-13-10-20-23(2)16(13)21-15(22-17)12-4-3-6-18-9-12/h3-4,6,9-11H,5,7-8H2,1-2H3,(H,19,25)/t11-/m1/s1. The predicted molar refractivity (Wildman–Crippen MR) is 94.0 cm³/mol. The van der Waals surface area contributed by atoms with Gasteiger partial charge in [0.25, 0.3) is 0 Å². The van der Waals surface area contributed by atoms with E-state index in [4.69, 9.17) is 4.98 Å². The Morgan fingerprint density at radius 1 is 1.28 bits per heavy atom. The van der Waals surface area contributed by atoms with Crippen LogP contribution in [0, 0.1) is 0 Å². The molecular weight excluding hydrogens is 318 g/mol. The molecule has 1 saturated heterocycles. The van der Waals surface area contributed by atoms with Crippen molar-refractivity contribution in [3.8, 4) is 11.4 Å². The highest BCUT2D eigenvalue weighted by molar-refractivity contribution is 5.89. The normalized spacial score (nSPS) is 18.2. The Hall–Kier alpha value is -3.03. The van der Waals surface area contributed by atoms with Gasteiger partial charge in [-0.25, -0.2) is 9.97 Å². The van der Waals surface area contributed by atoms with Gasteiger partial charge in [-0.15, -0.1) is 0 Å². The van der Waals surface area contributed by atoms with Gasteiger partial charge in [-0.2, -0.15) is 5.10 Å². The minimum atomic E-state index is 0.0679. The van der Waals surface area contributed by atoms with Gasteiger partial charge in [0.2, 0.25) is 5.91 Å². The van der Waals surface area contributed by atoms with Gasteiger partial charge >= 0.3 is 0 Å². The van der Waals surface area contributed by atoms with Crippen molar-refractivity contribution in [1.29, 1.82) is 0 Å². The second-order valence-electron chi connectivity index (χ2n) is 6.21. The van der Waals surface area contributed by atoms with Gasteiger partial charge in [-0.1, -0.05) is 0 Å². The third-order valence-electron chi connectivity index (χ3n) is 4.47. The van der Waals surface area contributed by atoms with E-state index in [1.807, 2.05) is 19.2 Å². The number of nitrogens with zero attached hydrogens (tertiary/aromatic N) is 6. The molecule has 128 valence electrons. The highest BCUT2D eigenvalue weighted by Gasteiger charge is 2.25. The van der Waals surface area contributed by atoms with Gasteiger partial charge in [0.05, 0.1) is 11.6 Å². The van der Waals surface area contributed by atoms with Crippen molar-refractivity contribution in [2.75, 3.05) is 18.0 Å². The first-order valence-corrected chi connectivity index (χ1v) is 8.27. The average molecular weight is 337 g/mol. The van der Waals surface area contributed by atoms with Crippen LogP contribution in [0.15, 0.2) is 30.7 Å². The van der Waals surface area contributed by atoms with Crippen molar-refractivity contribution in [3.63, 3.8) is 0 Å². The molecule has 0 aromatic carbocycles. The summed E-state index contributed by atoms with van der Waals surface area (Å²) in [6.45, 7) is 3.28. The topological polar surface area (TPSA) is 88.8 Å². The molecule has 4 heterocycles. The maximum Gasteiger partial charge on any atom is 0.221 e. The van der Waals surface area contributed by atoms with Crippen LogP contribution in [0.3, 0.4) is 0 Å². The molecule has 8 heteroatoms. The van der Waals surface area contributed by atoms with Crippen molar-refractivity contribution < 1.29 is 4.79 Å². The van der Waals surface area contributed by atoms with Crippen LogP contribution in [0.4, 0.5) is 5.82 Å². The maximum atomic E-state index is 11.8. The molecule has 1 aliphatic heterocycles. The second kappa shape index (κ2) is 6.12. The van der Waals surface area contributed by atoms with Gasteiger partial charge in [-0.3, -0.25) is 14.5 Å². The Morgan fingerprint density at radius 3 is 2.96 bits per heavy atom. The minimum Gasteiger partial charge on any atom is -0.354 e. The largest absolute Gasteiger partial charge is 0.354 e. The summed E-state index contributed by atoms with van der Waals surface area (Å²) in [5, 5.41) is 8.16. The lowest BCUT2D eigenvalue weighted by molar-refractivity contribution is -0.120. The molecule has 0 saturated carbocycles. The summed E-state index contributed by atoms with van der Waals surface area (Å²) in [6, 6.07) is 3.93. The molecule has 0 aliphatic carbocycles. The molecule has 3 aromatic rings. The predicted octanol–water partition coefficient (Wildman–Crippen LogP) is 1.14. The molecule has 0 bridgehead atoms. The lowest BCUT2D eigenvalue weighted by Gasteiger charge is -2.28. The zero-order chi connectivity index (χ0) is 17.4. The van der Waals surface area contributed by atoms with E-state index in [9.17, 15) is 4.79 Å². The van der Waals surface area contributed by atoms with E-state index in [1.54, 1.807) is 23.3 Å². The van der Waals surface area contributed by atoms with Gasteiger partial charge in [0, 0.05) is 50.6 Å². The van der Waals surface area contributed by atoms with Crippen LogP contribution >= 0.6 is 0 Å². The average Bonchev–Trinajstić information content (AvgIpc) is 2.92. The monoisotopic (exact) mass is 337 g/mol. The first-order valence-electron chi connectivity index (χ1n) is 8.27. The van der Waals surface area contributed by atoms with E-state index in [-0.39, 0.29) is 11.9 Å². The number of fused-ring (bicyclic) bond motifs is 1. The Balaban J connectivity index is 1.88. The summed E-state index contributed by atoms with van der Waals surface area (Å²) in [6.07, 6.45) is 5.70. The van der Waals surface area contributed by atoms with Gasteiger partial charge < -0.3 is 10.2 Å². The summed E-state index contributed by atoms with van der Waals surface area (Å²) in [5.41, 5.74) is 1.61. The maximum absolute atomic E-state index is 11.8. The Labute approximate surface area is 144 Å². The number of pyridine rings is 1. The van der Waals surface area contributed by atoms with E-state index < -0.39 is 0 Å². The number of anilines is 1. The van der Waals surface area contributed by atoms with Crippen LogP contribution in [0.5, 0.6) is 0 Å². The molecule has 0 spiro atoms. The Bertz CT molecular complexity index is 921. The molecule has 1 fully saturated rings. The molecule has 1 amide bonds. The quantitative estimate of drug-likeness (QED) is 0.754. The number of nitrogens with one attached hydrogen (secondary N) is 1. The van der Waals surface area contributed by atoms with Crippen LogP contribution in [-0.4, -0.2) is 49.8 Å². The van der Waals surface area contributed by atoms with Crippen molar-refractivity contribution in [3.05, 3.63) is 30.7 Å². The number of carbonyl (C=O) groups is 1. The highest BCUT2D eigenvalue weighted by atomic mass is 16.1. The smallest absolute Gasteiger partial charge is 0.221 e. The summed E-state index contributed by atoms with van der Waals surface area (Å²) in [4.78, 5) is 27.6. The minimum absolute atomic E-state index is 0.0679. The molecule has 1 atom stereocenters. The molecule has 8 nitrogen and oxygen atoms in total. The fraction of sp³-hybridized carbons (Fsp3) is 0.353. The second-order valence-corrected chi connectivity index (χ2v) is 6.21. The van der Waals surface area contributed by atoms with Crippen LogP contribution in [0.1, 0.15) is 13.3 Å². The lowest BCUT2D eigenvalue weighted by Crippen LogP contribution is -2.38. The molecule has 3 aromatic heterocycles. The van der Waals surface area contributed by atoms with Crippen molar-refractivity contribution in [2.24, 2.45) is 7.05 Å². The SMILES string of the molecule is C[C@@H]1CNC(=O)CCN1c1nc(-c2cccnc2)nc2c1cnn2C. The molecule has 4 rings (SSSR count). The number of rotatable bonds is 2. The Morgan fingerprint density at radius 2 is 2.16 bits per heavy atom. The molecule has 0 unspecified atom stereocenters. The zero-order valence-corrected chi connectivity index (χ0v) is 14.2. The summed E-state index contributed by atoms with van der Waals surface area (Å²) < 4.78 is 1.74. The number of hydrogen-bond donors (Lipinski definition) is 1. The van der Waals surface area contributed by atoms with Gasteiger partial charge in [0.1, 0.15) is 5.82 Å². The summed E-state index contributed by atoms with van der Waals surface area (Å²) in [7, 11) is 1.86. The molecule has 1 N–H and O–H groups in total. The van der Waals surface area contributed by atoms with E-state index in [1.165, 1.54) is 0 Å². The van der Waals surface area contributed by atoms with Gasteiger partial charge in [0.15, 0.2) is 11.5 Å². The highest BCUT2D eigenvalue weighted by Crippen LogP contribution is 2.28. The van der Waals surface area contributed by atoms with E-state index in [0.29, 0.717) is 25.3 Å². The van der Waals surface area contributed by atoms with E-state index >= 15 is 0 Å². The molecule has 1 aliphatic rings. The number of aromatic nitrogens is 5. The molecule has 25 heavy (non-hydrogen) atoms. The zero-order valence-electron chi connectivity index (χ0n) is 14.2. The first-order chi connectivity index (χ1) is 12.1. The summed E-state index contributed by atoms with van der Waals surface area (Å²) >= 11 is 0. The van der Waals surface area contributed by atoms with Crippen LogP contribution < -0.4 is 10.2 Å². The fourth-order valence-corrected chi connectivity index (χ4v) is 3.07. The Kier molecular flexibility index (Phi) is 3.79. The number of carbonyl (C=O) groups excluding carboxylic acids is 1. The van der Waals surface area contributed by atoms with Crippen LogP contribution in [-0.2, 0) is 11.8 Å². The van der Waals surface area contributed by atoms with Crippen molar-refractivity contribution in [2.45, 2.75) is 19.4 Å². The van der Waals surface area contributed by atoms with Crippen LogP contribution in [0.25, 0.3) is 22.4 Å². The summed E-state index contributed by atoms with van der Waals surface area (Å²) in [5.74, 6) is 1.48.